The first kappa shape index (κ1) is 17.9. The Balaban J connectivity index is 1.70. The van der Waals surface area contributed by atoms with E-state index in [2.05, 4.69) is 15.2 Å². The average Bonchev–Trinajstić information content (AvgIpc) is 3.06. The summed E-state index contributed by atoms with van der Waals surface area (Å²) in [5.41, 5.74) is 2.11. The maximum Gasteiger partial charge on any atom is 0.320 e. The van der Waals surface area contributed by atoms with Gasteiger partial charge < -0.3 is 10.1 Å². The van der Waals surface area contributed by atoms with E-state index in [4.69, 9.17) is 4.74 Å². The van der Waals surface area contributed by atoms with Crippen LogP contribution < -0.4 is 10.1 Å². The quantitative estimate of drug-likeness (QED) is 0.743. The largest absolute Gasteiger partial charge is 0.496 e. The van der Waals surface area contributed by atoms with E-state index in [0.29, 0.717) is 23.4 Å². The van der Waals surface area contributed by atoms with Gasteiger partial charge >= 0.3 is 6.55 Å². The number of aromatic nitrogens is 2. The highest BCUT2D eigenvalue weighted by atomic mass is 19.3. The third kappa shape index (κ3) is 3.40. The van der Waals surface area contributed by atoms with Gasteiger partial charge in [-0.3, -0.25) is 9.47 Å². The molecule has 0 saturated carbocycles. The van der Waals surface area contributed by atoms with Gasteiger partial charge in [-0.05, 0) is 18.2 Å². The number of fused-ring (bicyclic) bond motifs is 1. The zero-order chi connectivity index (χ0) is 18.8. The first-order valence-corrected chi connectivity index (χ1v) is 9.00. The molecule has 1 aliphatic heterocycles. The van der Waals surface area contributed by atoms with E-state index in [1.807, 2.05) is 30.3 Å². The number of nitrogens with zero attached hydrogens (tertiary/aromatic N) is 3. The molecule has 1 fully saturated rings. The number of halogens is 2. The summed E-state index contributed by atoms with van der Waals surface area (Å²) in [6.07, 6.45) is 0. The molecule has 0 amide bonds. The van der Waals surface area contributed by atoms with Gasteiger partial charge in [-0.2, -0.15) is 8.78 Å². The fraction of sp³-hybridized carbons (Fsp3) is 0.350. The first-order valence-electron chi connectivity index (χ1n) is 9.00. The van der Waals surface area contributed by atoms with E-state index in [-0.39, 0.29) is 6.04 Å². The number of para-hydroxylation sites is 3. The number of ether oxygens (including phenoxy) is 1. The zero-order valence-corrected chi connectivity index (χ0v) is 15.1. The molecule has 1 saturated heterocycles. The number of methoxy groups -OCH3 is 1. The number of hydrogen-bond acceptors (Lipinski definition) is 4. The Morgan fingerprint density at radius 3 is 2.78 bits per heavy atom. The lowest BCUT2D eigenvalue weighted by Crippen LogP contribution is -2.46. The van der Waals surface area contributed by atoms with Gasteiger partial charge in [-0.15, -0.1) is 0 Å². The van der Waals surface area contributed by atoms with Crippen molar-refractivity contribution in [2.75, 3.05) is 26.7 Å². The molecule has 0 bridgehead atoms. The van der Waals surface area contributed by atoms with Gasteiger partial charge in [-0.25, -0.2) is 4.98 Å². The van der Waals surface area contributed by atoms with Gasteiger partial charge in [0.15, 0.2) is 0 Å². The molecule has 1 atom stereocenters. The van der Waals surface area contributed by atoms with Crippen molar-refractivity contribution in [1.82, 2.24) is 19.8 Å². The normalized spacial score (nSPS) is 18.3. The Hall–Kier alpha value is -2.51. The van der Waals surface area contributed by atoms with Gasteiger partial charge in [0.2, 0.25) is 0 Å². The van der Waals surface area contributed by atoms with Crippen LogP contribution in [0.1, 0.15) is 24.0 Å². The minimum absolute atomic E-state index is 0.0286. The van der Waals surface area contributed by atoms with Crippen molar-refractivity contribution >= 4 is 11.0 Å². The summed E-state index contributed by atoms with van der Waals surface area (Å²) in [7, 11) is 1.65. The molecule has 0 radical (unpaired) electrons. The Labute approximate surface area is 156 Å². The van der Waals surface area contributed by atoms with Gasteiger partial charge in [-0.1, -0.05) is 30.3 Å². The highest BCUT2D eigenvalue weighted by Gasteiger charge is 2.28. The van der Waals surface area contributed by atoms with E-state index in [1.165, 1.54) is 0 Å². The molecule has 0 spiro atoms. The number of alkyl halides is 2. The van der Waals surface area contributed by atoms with Crippen LogP contribution in [0, 0.1) is 0 Å². The predicted molar refractivity (Wildman–Crippen MR) is 100 cm³/mol. The molecule has 7 heteroatoms. The highest BCUT2D eigenvalue weighted by Crippen LogP contribution is 2.32. The number of hydrogen-bond donors (Lipinski definition) is 1. The molecule has 5 nitrogen and oxygen atoms in total. The fourth-order valence-corrected chi connectivity index (χ4v) is 3.79. The second kappa shape index (κ2) is 7.62. The minimum atomic E-state index is -2.62. The number of rotatable bonds is 5. The van der Waals surface area contributed by atoms with E-state index in [9.17, 15) is 8.78 Å². The summed E-state index contributed by atoms with van der Waals surface area (Å²) < 4.78 is 34.1. The topological polar surface area (TPSA) is 42.3 Å². The monoisotopic (exact) mass is 372 g/mol. The predicted octanol–water partition coefficient (Wildman–Crippen LogP) is 3.59. The van der Waals surface area contributed by atoms with Gasteiger partial charge in [0.05, 0.1) is 30.7 Å². The highest BCUT2D eigenvalue weighted by molar-refractivity contribution is 5.76. The van der Waals surface area contributed by atoms with Crippen LogP contribution in [0.25, 0.3) is 11.0 Å². The van der Waals surface area contributed by atoms with Crippen molar-refractivity contribution in [3.8, 4) is 5.75 Å². The summed E-state index contributed by atoms with van der Waals surface area (Å²) in [6, 6.07) is 14.9. The molecule has 2 heterocycles. The third-order valence-corrected chi connectivity index (χ3v) is 5.06. The van der Waals surface area contributed by atoms with Gasteiger partial charge in [0.25, 0.3) is 0 Å². The zero-order valence-electron chi connectivity index (χ0n) is 15.1. The molecular weight excluding hydrogens is 350 g/mol. The molecule has 2 aromatic carbocycles. The molecule has 142 valence electrons. The summed E-state index contributed by atoms with van der Waals surface area (Å²) >= 11 is 0. The Morgan fingerprint density at radius 1 is 1.19 bits per heavy atom. The second-order valence-electron chi connectivity index (χ2n) is 6.60. The van der Waals surface area contributed by atoms with Crippen molar-refractivity contribution in [3.05, 3.63) is 59.9 Å². The minimum Gasteiger partial charge on any atom is -0.496 e. The lowest BCUT2D eigenvalue weighted by molar-refractivity contribution is 0.0646. The standard InChI is InChI=1S/C20H22F2N4O/c1-27-18-9-5-2-6-14(18)17-12-23-10-11-25(17)13-19-24-15-7-3-4-8-16(15)26(19)20(21)22/h2-9,17,20,23H,10-13H2,1H3. The Kier molecular flexibility index (Phi) is 5.05. The number of imidazole rings is 1. The summed E-state index contributed by atoms with van der Waals surface area (Å²) in [5.74, 6) is 1.19. The number of piperazine rings is 1. The average molecular weight is 372 g/mol. The SMILES string of the molecule is COc1ccccc1C1CNCCN1Cc1nc2ccccc2n1C(F)F. The van der Waals surface area contributed by atoms with E-state index < -0.39 is 6.55 Å². The smallest absolute Gasteiger partial charge is 0.320 e. The van der Waals surface area contributed by atoms with Crippen LogP contribution in [0.4, 0.5) is 8.78 Å². The van der Waals surface area contributed by atoms with Crippen molar-refractivity contribution < 1.29 is 13.5 Å². The molecule has 1 aliphatic rings. The molecular formula is C20H22F2N4O. The van der Waals surface area contributed by atoms with E-state index >= 15 is 0 Å². The summed E-state index contributed by atoms with van der Waals surface area (Å²) in [6.45, 7) is 0.00837. The molecule has 0 aliphatic carbocycles. The summed E-state index contributed by atoms with van der Waals surface area (Å²) in [5, 5.41) is 3.39. The maximum atomic E-state index is 13.8. The third-order valence-electron chi connectivity index (χ3n) is 5.06. The molecule has 1 N–H and O–H groups in total. The van der Waals surface area contributed by atoms with Crippen LogP contribution in [0.15, 0.2) is 48.5 Å². The van der Waals surface area contributed by atoms with Crippen LogP contribution >= 0.6 is 0 Å². The lowest BCUT2D eigenvalue weighted by atomic mass is 10.0. The van der Waals surface area contributed by atoms with E-state index in [0.717, 1.165) is 35.5 Å². The van der Waals surface area contributed by atoms with Crippen molar-refractivity contribution in [3.63, 3.8) is 0 Å². The van der Waals surface area contributed by atoms with Crippen molar-refractivity contribution in [1.29, 1.82) is 0 Å². The van der Waals surface area contributed by atoms with Gasteiger partial charge in [0.1, 0.15) is 11.6 Å². The lowest BCUT2D eigenvalue weighted by Gasteiger charge is -2.36. The molecule has 3 aromatic rings. The van der Waals surface area contributed by atoms with Crippen LogP contribution in [0.5, 0.6) is 5.75 Å². The van der Waals surface area contributed by atoms with Crippen LogP contribution in [0.3, 0.4) is 0 Å². The maximum absolute atomic E-state index is 13.8. The molecule has 1 unspecified atom stereocenters. The number of nitrogens with one attached hydrogen (secondary N) is 1. The fourth-order valence-electron chi connectivity index (χ4n) is 3.79. The van der Waals surface area contributed by atoms with Crippen molar-refractivity contribution in [2.45, 2.75) is 19.1 Å². The molecule has 1 aromatic heterocycles. The van der Waals surface area contributed by atoms with Crippen LogP contribution in [0.2, 0.25) is 0 Å². The van der Waals surface area contributed by atoms with E-state index in [1.54, 1.807) is 25.3 Å². The number of benzene rings is 2. The summed E-state index contributed by atoms with van der Waals surface area (Å²) in [4.78, 5) is 6.68. The van der Waals surface area contributed by atoms with Crippen LogP contribution in [-0.4, -0.2) is 41.2 Å². The van der Waals surface area contributed by atoms with Crippen LogP contribution in [-0.2, 0) is 6.54 Å². The second-order valence-corrected chi connectivity index (χ2v) is 6.60. The Bertz CT molecular complexity index is 927. The molecule has 4 rings (SSSR count). The van der Waals surface area contributed by atoms with Crippen molar-refractivity contribution in [2.24, 2.45) is 0 Å². The Morgan fingerprint density at radius 2 is 1.96 bits per heavy atom. The molecule has 27 heavy (non-hydrogen) atoms. The van der Waals surface area contributed by atoms with Gasteiger partial charge in [0, 0.05) is 25.2 Å². The first-order chi connectivity index (χ1) is 13.2.